The average Bonchev–Trinajstić information content (AvgIpc) is 3.24. The Morgan fingerprint density at radius 2 is 1.37 bits per heavy atom. The number of aromatic amines is 1. The maximum atomic E-state index is 14.3. The quantitative estimate of drug-likeness (QED) is 0.175. The van der Waals surface area contributed by atoms with E-state index in [2.05, 4.69) is 138 Å². The van der Waals surface area contributed by atoms with Crippen LogP contribution >= 0.6 is 0 Å². The first-order chi connectivity index (χ1) is 28.2. The number of aromatic nitrogens is 2. The van der Waals surface area contributed by atoms with Gasteiger partial charge in [-0.2, -0.15) is 5.10 Å². The third kappa shape index (κ3) is 7.52. The van der Waals surface area contributed by atoms with Crippen molar-refractivity contribution in [3.05, 3.63) is 211 Å². The third-order valence-corrected chi connectivity index (χ3v) is 11.7. The van der Waals surface area contributed by atoms with Crippen molar-refractivity contribution >= 4 is 28.0 Å². The van der Waals surface area contributed by atoms with Gasteiger partial charge in [-0.15, -0.1) is 0 Å². The van der Waals surface area contributed by atoms with Crippen molar-refractivity contribution in [2.75, 3.05) is 26.0 Å². The molecule has 8 heteroatoms. The predicted molar refractivity (Wildman–Crippen MR) is 237 cm³/mol. The van der Waals surface area contributed by atoms with Crippen LogP contribution in [0.15, 0.2) is 149 Å². The van der Waals surface area contributed by atoms with Crippen LogP contribution in [-0.4, -0.2) is 47.2 Å². The maximum Gasteiger partial charge on any atom is 0.272 e. The molecule has 7 nitrogen and oxygen atoms in total. The maximum absolute atomic E-state index is 14.3. The van der Waals surface area contributed by atoms with Crippen LogP contribution in [0.3, 0.4) is 0 Å². The van der Waals surface area contributed by atoms with Crippen molar-refractivity contribution in [1.82, 2.24) is 15.1 Å². The van der Waals surface area contributed by atoms with Crippen LogP contribution in [0, 0.1) is 12.7 Å². The lowest BCUT2D eigenvalue weighted by Gasteiger charge is -2.38. The summed E-state index contributed by atoms with van der Waals surface area (Å²) in [6.45, 7) is 2.98. The Morgan fingerprint density at radius 1 is 0.746 bits per heavy atom. The molecular formula is C51H48FN5O2. The van der Waals surface area contributed by atoms with Gasteiger partial charge in [0, 0.05) is 40.6 Å². The van der Waals surface area contributed by atoms with Gasteiger partial charge in [-0.05, 0) is 79.0 Å². The van der Waals surface area contributed by atoms with Crippen molar-refractivity contribution < 1.29 is 9.18 Å². The van der Waals surface area contributed by atoms with Crippen molar-refractivity contribution in [2.24, 2.45) is 4.99 Å². The predicted octanol–water partition coefficient (Wildman–Crippen LogP) is 10.2. The Kier molecular flexibility index (Phi) is 10.9. The number of nitrogens with one attached hydrogen (secondary N) is 2. The second-order valence-corrected chi connectivity index (χ2v) is 15.9. The number of carbonyl (C=O) groups is 1. The fraction of sp³-hybridized carbons (Fsp3) is 0.216. The van der Waals surface area contributed by atoms with Gasteiger partial charge < -0.3 is 10.2 Å². The van der Waals surface area contributed by atoms with E-state index in [9.17, 15) is 14.0 Å². The molecule has 0 fully saturated rings. The molecule has 0 saturated heterocycles. The summed E-state index contributed by atoms with van der Waals surface area (Å²) >= 11 is 0. The zero-order valence-corrected chi connectivity index (χ0v) is 32.7. The molecule has 7 aromatic rings. The number of hydrogen-bond donors (Lipinski definition) is 2. The fourth-order valence-electron chi connectivity index (χ4n) is 9.24. The summed E-state index contributed by atoms with van der Waals surface area (Å²) in [7, 11) is 4.10. The van der Waals surface area contributed by atoms with Crippen molar-refractivity contribution in [3.8, 4) is 0 Å². The van der Waals surface area contributed by atoms with Gasteiger partial charge in [-0.1, -0.05) is 134 Å². The summed E-state index contributed by atoms with van der Waals surface area (Å²) in [5.74, 6) is -0.234. The molecule has 4 unspecified atom stereocenters. The summed E-state index contributed by atoms with van der Waals surface area (Å²) < 4.78 is 14.3. The van der Waals surface area contributed by atoms with Crippen LogP contribution < -0.4 is 10.9 Å². The smallest absolute Gasteiger partial charge is 0.272 e. The fourth-order valence-corrected chi connectivity index (χ4v) is 9.24. The van der Waals surface area contributed by atoms with Crippen molar-refractivity contribution in [1.29, 1.82) is 0 Å². The minimum Gasteiger partial charge on any atom is -0.377 e. The summed E-state index contributed by atoms with van der Waals surface area (Å²) in [6, 6.07) is 46.8. The second kappa shape index (κ2) is 16.4. The molecule has 3 heterocycles. The van der Waals surface area contributed by atoms with Gasteiger partial charge in [0.05, 0.1) is 28.8 Å². The SMILES string of the molecule is C.CN(C)Cc1ccc(C2C3=NCC(=O)c4cc(F)cc(c43)NC2c2ccccc2)cc1.Cc1cc2c3c(n[nH]c(=O)c3c1)C(c1ccccc1)C(c1ccccc1)C2. The number of ketones is 1. The molecule has 0 amide bonds. The van der Waals surface area contributed by atoms with E-state index in [-0.39, 0.29) is 49.1 Å². The van der Waals surface area contributed by atoms with E-state index in [0.717, 1.165) is 57.4 Å². The van der Waals surface area contributed by atoms with Crippen LogP contribution in [0.4, 0.5) is 10.1 Å². The number of benzene rings is 6. The van der Waals surface area contributed by atoms with E-state index >= 15 is 0 Å². The van der Waals surface area contributed by atoms with Gasteiger partial charge in [0.2, 0.25) is 0 Å². The number of H-pyrrole nitrogens is 1. The van der Waals surface area contributed by atoms with Crippen molar-refractivity contribution in [2.45, 2.75) is 51.1 Å². The molecule has 296 valence electrons. The number of rotatable bonds is 6. The molecule has 3 aliphatic rings. The van der Waals surface area contributed by atoms with Gasteiger partial charge in [0.1, 0.15) is 12.4 Å². The zero-order valence-electron chi connectivity index (χ0n) is 32.7. The van der Waals surface area contributed by atoms with Gasteiger partial charge in [0.25, 0.3) is 5.56 Å². The molecule has 2 N–H and O–H groups in total. The number of halogens is 1. The normalized spacial score (nSPS) is 18.8. The molecule has 0 saturated carbocycles. The highest BCUT2D eigenvalue weighted by Gasteiger charge is 2.40. The molecule has 1 aliphatic carbocycles. The Balaban J connectivity index is 0.000000163. The van der Waals surface area contributed by atoms with Gasteiger partial charge in [-0.25, -0.2) is 9.49 Å². The first-order valence-electron chi connectivity index (χ1n) is 19.8. The van der Waals surface area contributed by atoms with E-state index in [1.54, 1.807) is 0 Å². The van der Waals surface area contributed by atoms with Gasteiger partial charge in [0.15, 0.2) is 5.78 Å². The Hall–Kier alpha value is -6.51. The molecule has 4 atom stereocenters. The number of aliphatic imine (C=N–C) groups is 1. The van der Waals surface area contributed by atoms with Gasteiger partial charge in [-0.3, -0.25) is 14.6 Å². The monoisotopic (exact) mass is 781 g/mol. The lowest BCUT2D eigenvalue weighted by atomic mass is 9.70. The number of carbonyl (C=O) groups excluding carboxylic acids is 1. The van der Waals surface area contributed by atoms with E-state index < -0.39 is 5.82 Å². The molecule has 2 aliphatic heterocycles. The Morgan fingerprint density at radius 3 is 2.03 bits per heavy atom. The highest BCUT2D eigenvalue weighted by atomic mass is 19.1. The summed E-state index contributed by atoms with van der Waals surface area (Å²) in [4.78, 5) is 31.8. The minimum atomic E-state index is -0.408. The standard InChI is InChI=1S/C26H24FN3O.C24H20N2O.CH4/c1-30(2)15-16-8-10-17(11-9-16)23-25(18-6-4-3-5-7-18)29-21-13-19(27)12-20-22(31)14-28-26(23)24(20)21;1-15-12-18-14-19(16-8-4-2-5-9-16)21(17-10-6-3-7-11-17)23-22(18)20(13-15)24(27)26-25-23;/h3-13,23,25,29H,14-15H2,1-2H3;2-13,19,21H,14H2,1H3,(H,26,27);1H4. The molecular weight excluding hydrogens is 734 g/mol. The van der Waals surface area contributed by atoms with Gasteiger partial charge >= 0.3 is 0 Å². The van der Waals surface area contributed by atoms with E-state index in [0.29, 0.717) is 11.3 Å². The molecule has 0 bridgehead atoms. The third-order valence-electron chi connectivity index (χ3n) is 11.7. The Bertz CT molecular complexity index is 2730. The molecule has 59 heavy (non-hydrogen) atoms. The number of Topliss-reactive ketones (excluding diaryl/α,β-unsaturated/α-hetero) is 1. The van der Waals surface area contributed by atoms with Crippen molar-refractivity contribution in [3.63, 3.8) is 0 Å². The summed E-state index contributed by atoms with van der Waals surface area (Å²) in [5, 5.41) is 12.6. The number of anilines is 1. The second-order valence-electron chi connectivity index (χ2n) is 15.9. The van der Waals surface area contributed by atoms with Crippen LogP contribution in [0.2, 0.25) is 0 Å². The average molecular weight is 782 g/mol. The summed E-state index contributed by atoms with van der Waals surface area (Å²) in [5.41, 5.74) is 11.9. The number of nitrogens with zero attached hydrogens (tertiary/aromatic N) is 3. The highest BCUT2D eigenvalue weighted by Crippen LogP contribution is 2.48. The highest BCUT2D eigenvalue weighted by molar-refractivity contribution is 6.21. The molecule has 1 aromatic heterocycles. The number of hydrogen-bond acceptors (Lipinski definition) is 6. The number of aryl methyl sites for hydroxylation is 1. The van der Waals surface area contributed by atoms with E-state index in [4.69, 9.17) is 4.99 Å². The van der Waals surface area contributed by atoms with Crippen LogP contribution in [0.1, 0.15) is 91.8 Å². The molecule has 0 spiro atoms. The largest absolute Gasteiger partial charge is 0.377 e. The minimum absolute atomic E-state index is 0. The van der Waals surface area contributed by atoms with Crippen LogP contribution in [0.5, 0.6) is 0 Å². The molecule has 0 radical (unpaired) electrons. The zero-order chi connectivity index (χ0) is 39.9. The lowest BCUT2D eigenvalue weighted by Crippen LogP contribution is -2.36. The van der Waals surface area contributed by atoms with Crippen LogP contribution in [-0.2, 0) is 13.0 Å². The van der Waals surface area contributed by atoms with E-state index in [1.165, 1.54) is 34.4 Å². The van der Waals surface area contributed by atoms with Crippen LogP contribution in [0.25, 0.3) is 10.8 Å². The first-order valence-corrected chi connectivity index (χ1v) is 19.8. The summed E-state index contributed by atoms with van der Waals surface area (Å²) in [6.07, 6.45) is 0.903. The van der Waals surface area contributed by atoms with E-state index in [1.807, 2.05) is 30.3 Å². The Labute approximate surface area is 344 Å². The first kappa shape index (κ1) is 39.3. The molecule has 6 aromatic carbocycles. The molecule has 10 rings (SSSR count). The topological polar surface area (TPSA) is 90.4 Å². The lowest BCUT2D eigenvalue weighted by molar-refractivity contribution is 0.0999.